The summed E-state index contributed by atoms with van der Waals surface area (Å²) in [7, 11) is 0. The van der Waals surface area contributed by atoms with E-state index in [0.29, 0.717) is 18.4 Å². The lowest BCUT2D eigenvalue weighted by molar-refractivity contribution is -0.145. The highest BCUT2D eigenvalue weighted by molar-refractivity contribution is 5.81. The highest BCUT2D eigenvalue weighted by atomic mass is 19.1. The number of hydrogen-bond acceptors (Lipinski definition) is 2. The van der Waals surface area contributed by atoms with Crippen molar-refractivity contribution in [3.8, 4) is 0 Å². The SMILES string of the molecule is O=C(O)C1(c2ccc(F)c(CO)c2)CCCCC1. The molecule has 4 heteroatoms. The molecule has 0 aromatic heterocycles. The number of carbonyl (C=O) groups is 1. The first-order valence-corrected chi connectivity index (χ1v) is 6.23. The van der Waals surface area contributed by atoms with Crippen molar-refractivity contribution in [2.45, 2.75) is 44.1 Å². The van der Waals surface area contributed by atoms with Crippen molar-refractivity contribution in [2.24, 2.45) is 0 Å². The van der Waals surface area contributed by atoms with Gasteiger partial charge in [-0.25, -0.2) is 4.39 Å². The molecule has 2 rings (SSSR count). The van der Waals surface area contributed by atoms with Crippen LogP contribution in [-0.4, -0.2) is 16.2 Å². The van der Waals surface area contributed by atoms with Crippen molar-refractivity contribution in [3.05, 3.63) is 35.1 Å². The van der Waals surface area contributed by atoms with Gasteiger partial charge in [0.15, 0.2) is 0 Å². The molecule has 0 atom stereocenters. The van der Waals surface area contributed by atoms with Gasteiger partial charge in [0.1, 0.15) is 5.82 Å². The van der Waals surface area contributed by atoms with Gasteiger partial charge in [0.25, 0.3) is 0 Å². The number of carboxylic acid groups (broad SMARTS) is 1. The fourth-order valence-corrected chi connectivity index (χ4v) is 2.77. The summed E-state index contributed by atoms with van der Waals surface area (Å²) in [5, 5.41) is 18.6. The van der Waals surface area contributed by atoms with Gasteiger partial charge in [0.05, 0.1) is 12.0 Å². The molecule has 0 spiro atoms. The predicted molar refractivity (Wildman–Crippen MR) is 64.7 cm³/mol. The standard InChI is InChI=1S/C14H17FO3/c15-12-5-4-11(8-10(12)9-16)14(13(17)18)6-2-1-3-7-14/h4-5,8,16H,1-3,6-7,9H2,(H,17,18). The van der Waals surface area contributed by atoms with Gasteiger partial charge in [-0.2, -0.15) is 0 Å². The molecule has 1 aromatic rings. The van der Waals surface area contributed by atoms with Crippen LogP contribution in [0.5, 0.6) is 0 Å². The minimum absolute atomic E-state index is 0.165. The van der Waals surface area contributed by atoms with E-state index in [1.807, 2.05) is 0 Å². The van der Waals surface area contributed by atoms with Gasteiger partial charge < -0.3 is 10.2 Å². The molecule has 3 nitrogen and oxygen atoms in total. The van der Waals surface area contributed by atoms with E-state index in [1.165, 1.54) is 18.2 Å². The minimum Gasteiger partial charge on any atom is -0.481 e. The molecular formula is C14H17FO3. The molecule has 0 saturated heterocycles. The number of carboxylic acids is 1. The normalized spacial score (nSPS) is 18.6. The second-order valence-electron chi connectivity index (χ2n) is 4.91. The van der Waals surface area contributed by atoms with E-state index in [2.05, 4.69) is 0 Å². The summed E-state index contributed by atoms with van der Waals surface area (Å²) in [5.41, 5.74) is -0.130. The Morgan fingerprint density at radius 2 is 1.94 bits per heavy atom. The van der Waals surface area contributed by atoms with E-state index >= 15 is 0 Å². The third-order valence-corrected chi connectivity index (χ3v) is 3.89. The highest BCUT2D eigenvalue weighted by Gasteiger charge is 2.41. The summed E-state index contributed by atoms with van der Waals surface area (Å²) in [6, 6.07) is 4.28. The van der Waals surface area contributed by atoms with E-state index in [-0.39, 0.29) is 5.56 Å². The molecule has 18 heavy (non-hydrogen) atoms. The Bertz CT molecular complexity index is 450. The molecule has 1 aromatic carbocycles. The van der Waals surface area contributed by atoms with Crippen LogP contribution in [0.3, 0.4) is 0 Å². The molecule has 0 heterocycles. The Hall–Kier alpha value is -1.42. The number of benzene rings is 1. The van der Waals surface area contributed by atoms with Crippen molar-refractivity contribution in [1.82, 2.24) is 0 Å². The summed E-state index contributed by atoms with van der Waals surface area (Å²) < 4.78 is 13.4. The average Bonchev–Trinajstić information content (AvgIpc) is 2.40. The van der Waals surface area contributed by atoms with E-state index in [9.17, 15) is 14.3 Å². The monoisotopic (exact) mass is 252 g/mol. The smallest absolute Gasteiger partial charge is 0.314 e. The van der Waals surface area contributed by atoms with Crippen LogP contribution in [0.15, 0.2) is 18.2 Å². The number of halogens is 1. The molecule has 0 amide bonds. The Labute approximate surface area is 105 Å². The van der Waals surface area contributed by atoms with Crippen LogP contribution < -0.4 is 0 Å². The summed E-state index contributed by atoms with van der Waals surface area (Å²) in [4.78, 5) is 11.6. The topological polar surface area (TPSA) is 57.5 Å². The van der Waals surface area contributed by atoms with Crippen molar-refractivity contribution in [2.75, 3.05) is 0 Å². The van der Waals surface area contributed by atoms with Crippen LogP contribution in [0, 0.1) is 5.82 Å². The zero-order valence-corrected chi connectivity index (χ0v) is 10.2. The van der Waals surface area contributed by atoms with Crippen LogP contribution in [0.2, 0.25) is 0 Å². The van der Waals surface area contributed by atoms with Crippen LogP contribution in [-0.2, 0) is 16.8 Å². The van der Waals surface area contributed by atoms with E-state index in [4.69, 9.17) is 5.11 Å². The molecule has 1 saturated carbocycles. The summed E-state index contributed by atoms with van der Waals surface area (Å²) in [5.74, 6) is -1.34. The molecule has 0 aliphatic heterocycles. The maximum absolute atomic E-state index is 13.4. The number of aliphatic hydroxyl groups excluding tert-OH is 1. The van der Waals surface area contributed by atoms with Crippen molar-refractivity contribution in [1.29, 1.82) is 0 Å². The van der Waals surface area contributed by atoms with Crippen molar-refractivity contribution in [3.63, 3.8) is 0 Å². The first kappa shape index (κ1) is 13.0. The molecule has 0 unspecified atom stereocenters. The fourth-order valence-electron chi connectivity index (χ4n) is 2.77. The number of aliphatic carboxylic acids is 1. The Morgan fingerprint density at radius 3 is 2.50 bits per heavy atom. The lowest BCUT2D eigenvalue weighted by Crippen LogP contribution is -2.37. The van der Waals surface area contributed by atoms with Crippen molar-refractivity contribution >= 4 is 5.97 Å². The van der Waals surface area contributed by atoms with Crippen LogP contribution >= 0.6 is 0 Å². The summed E-state index contributed by atoms with van der Waals surface area (Å²) in [6.07, 6.45) is 3.96. The van der Waals surface area contributed by atoms with Crippen LogP contribution in [0.25, 0.3) is 0 Å². The molecule has 2 N–H and O–H groups in total. The first-order chi connectivity index (χ1) is 8.60. The lowest BCUT2D eigenvalue weighted by atomic mass is 9.69. The maximum atomic E-state index is 13.4. The average molecular weight is 252 g/mol. The van der Waals surface area contributed by atoms with Gasteiger partial charge in [-0.15, -0.1) is 0 Å². The Morgan fingerprint density at radius 1 is 1.28 bits per heavy atom. The van der Waals surface area contributed by atoms with Crippen molar-refractivity contribution < 1.29 is 19.4 Å². The van der Waals surface area contributed by atoms with E-state index in [1.54, 1.807) is 0 Å². The van der Waals surface area contributed by atoms with Gasteiger partial charge in [-0.3, -0.25) is 4.79 Å². The highest BCUT2D eigenvalue weighted by Crippen LogP contribution is 2.40. The summed E-state index contributed by atoms with van der Waals surface area (Å²) in [6.45, 7) is -0.407. The largest absolute Gasteiger partial charge is 0.481 e. The molecular weight excluding hydrogens is 235 g/mol. The minimum atomic E-state index is -0.907. The van der Waals surface area contributed by atoms with E-state index in [0.717, 1.165) is 19.3 Å². The molecule has 0 radical (unpaired) electrons. The first-order valence-electron chi connectivity index (χ1n) is 6.23. The molecule has 1 fully saturated rings. The number of rotatable bonds is 3. The fraction of sp³-hybridized carbons (Fsp3) is 0.500. The van der Waals surface area contributed by atoms with Crippen LogP contribution in [0.4, 0.5) is 4.39 Å². The van der Waals surface area contributed by atoms with Gasteiger partial charge in [0, 0.05) is 5.56 Å². The number of aliphatic hydroxyl groups is 1. The zero-order valence-electron chi connectivity index (χ0n) is 10.2. The Kier molecular flexibility index (Phi) is 3.66. The van der Waals surface area contributed by atoms with Gasteiger partial charge in [-0.05, 0) is 30.5 Å². The third-order valence-electron chi connectivity index (χ3n) is 3.89. The second kappa shape index (κ2) is 5.06. The quantitative estimate of drug-likeness (QED) is 0.869. The summed E-state index contributed by atoms with van der Waals surface area (Å²) >= 11 is 0. The molecule has 1 aliphatic carbocycles. The van der Waals surface area contributed by atoms with E-state index < -0.39 is 23.8 Å². The van der Waals surface area contributed by atoms with Gasteiger partial charge in [0.2, 0.25) is 0 Å². The van der Waals surface area contributed by atoms with Crippen LogP contribution in [0.1, 0.15) is 43.2 Å². The predicted octanol–water partition coefficient (Wildman–Crippen LogP) is 2.60. The zero-order chi connectivity index (χ0) is 13.2. The second-order valence-corrected chi connectivity index (χ2v) is 4.91. The lowest BCUT2D eigenvalue weighted by Gasteiger charge is -2.33. The third kappa shape index (κ3) is 2.12. The van der Waals surface area contributed by atoms with Gasteiger partial charge >= 0.3 is 5.97 Å². The molecule has 1 aliphatic rings. The van der Waals surface area contributed by atoms with Gasteiger partial charge in [-0.1, -0.05) is 25.3 Å². The molecule has 98 valence electrons. The number of hydrogen-bond donors (Lipinski definition) is 2. The molecule has 0 bridgehead atoms. The maximum Gasteiger partial charge on any atom is 0.314 e. The Balaban J connectivity index is 2.45.